The monoisotopic (exact) mass is 344 g/mol. The average Bonchev–Trinajstić information content (AvgIpc) is 3.17. The Kier molecular flexibility index (Phi) is 5.73. The smallest absolute Gasteiger partial charge is 0.318 e. The van der Waals surface area contributed by atoms with Crippen molar-refractivity contribution >= 4 is 6.03 Å². The van der Waals surface area contributed by atoms with E-state index in [2.05, 4.69) is 5.32 Å². The van der Waals surface area contributed by atoms with Gasteiger partial charge in [0.2, 0.25) is 0 Å². The van der Waals surface area contributed by atoms with Crippen LogP contribution in [0.2, 0.25) is 0 Å². The highest BCUT2D eigenvalue weighted by molar-refractivity contribution is 5.75. The molecule has 0 spiro atoms. The van der Waals surface area contributed by atoms with Crippen LogP contribution in [-0.4, -0.2) is 41.8 Å². The average molecular weight is 344 g/mol. The molecule has 134 valence electrons. The summed E-state index contributed by atoms with van der Waals surface area (Å²) in [7, 11) is 0. The van der Waals surface area contributed by atoms with Crippen LogP contribution < -0.4 is 5.32 Å². The quantitative estimate of drug-likeness (QED) is 0.875. The number of carbonyl (C=O) groups excluding carboxylic acids is 1. The van der Waals surface area contributed by atoms with E-state index >= 15 is 0 Å². The molecule has 0 radical (unpaired) electrons. The first-order valence-electron chi connectivity index (χ1n) is 8.56. The zero-order valence-electron chi connectivity index (χ0n) is 14.3. The zero-order valence-corrected chi connectivity index (χ0v) is 14.3. The van der Waals surface area contributed by atoms with Crippen LogP contribution in [0.1, 0.15) is 36.8 Å². The summed E-state index contributed by atoms with van der Waals surface area (Å²) in [6.07, 6.45) is 1.14. The first-order valence-corrected chi connectivity index (χ1v) is 8.56. The predicted molar refractivity (Wildman–Crippen MR) is 93.0 cm³/mol. The number of aliphatic hydroxyl groups excluding tert-OH is 1. The van der Waals surface area contributed by atoms with E-state index in [1.807, 2.05) is 37.3 Å². The number of benzene rings is 1. The SMILES string of the molecule is C[C@@H](NC(=O)N1CCOC[C@H]1C[C@H](O)c1ccco1)c1ccccc1. The minimum absolute atomic E-state index is 0.0906. The largest absolute Gasteiger partial charge is 0.467 e. The molecule has 25 heavy (non-hydrogen) atoms. The molecule has 1 aliphatic rings. The number of hydrogen-bond acceptors (Lipinski definition) is 4. The van der Waals surface area contributed by atoms with Gasteiger partial charge in [-0.2, -0.15) is 0 Å². The highest BCUT2D eigenvalue weighted by atomic mass is 16.5. The highest BCUT2D eigenvalue weighted by Crippen LogP contribution is 2.23. The summed E-state index contributed by atoms with van der Waals surface area (Å²) in [5.74, 6) is 0.503. The summed E-state index contributed by atoms with van der Waals surface area (Å²) in [5, 5.41) is 13.3. The molecule has 1 fully saturated rings. The summed E-state index contributed by atoms with van der Waals surface area (Å²) >= 11 is 0. The fourth-order valence-corrected chi connectivity index (χ4v) is 3.07. The number of ether oxygens (including phenoxy) is 1. The van der Waals surface area contributed by atoms with Crippen molar-refractivity contribution in [2.45, 2.75) is 31.5 Å². The number of furan rings is 1. The molecule has 1 aliphatic heterocycles. The maximum absolute atomic E-state index is 12.7. The second-order valence-electron chi connectivity index (χ2n) is 6.27. The van der Waals surface area contributed by atoms with E-state index in [1.54, 1.807) is 17.0 Å². The van der Waals surface area contributed by atoms with Crippen molar-refractivity contribution in [3.63, 3.8) is 0 Å². The van der Waals surface area contributed by atoms with Crippen LogP contribution in [0.5, 0.6) is 0 Å². The molecule has 3 rings (SSSR count). The lowest BCUT2D eigenvalue weighted by molar-refractivity contribution is -0.0101. The zero-order chi connectivity index (χ0) is 17.6. The van der Waals surface area contributed by atoms with Crippen LogP contribution >= 0.6 is 0 Å². The lowest BCUT2D eigenvalue weighted by Gasteiger charge is -2.37. The minimum atomic E-state index is -0.761. The van der Waals surface area contributed by atoms with Crippen LogP contribution in [-0.2, 0) is 4.74 Å². The van der Waals surface area contributed by atoms with Crippen LogP contribution in [0.4, 0.5) is 4.79 Å². The Morgan fingerprint density at radius 3 is 2.84 bits per heavy atom. The molecular weight excluding hydrogens is 320 g/mol. The van der Waals surface area contributed by atoms with E-state index < -0.39 is 6.10 Å². The van der Waals surface area contributed by atoms with Crippen molar-refractivity contribution in [2.24, 2.45) is 0 Å². The summed E-state index contributed by atoms with van der Waals surface area (Å²) in [6, 6.07) is 12.9. The fraction of sp³-hybridized carbons (Fsp3) is 0.421. The van der Waals surface area contributed by atoms with Gasteiger partial charge >= 0.3 is 6.03 Å². The molecule has 2 aromatic rings. The van der Waals surface area contributed by atoms with Gasteiger partial charge < -0.3 is 24.5 Å². The molecule has 0 aliphatic carbocycles. The van der Waals surface area contributed by atoms with Gasteiger partial charge in [-0.3, -0.25) is 0 Å². The highest BCUT2D eigenvalue weighted by Gasteiger charge is 2.30. The van der Waals surface area contributed by atoms with Crippen LogP contribution in [0.25, 0.3) is 0 Å². The Labute approximate surface area is 147 Å². The van der Waals surface area contributed by atoms with Gasteiger partial charge in [-0.05, 0) is 24.6 Å². The fourth-order valence-electron chi connectivity index (χ4n) is 3.07. The summed E-state index contributed by atoms with van der Waals surface area (Å²) in [4.78, 5) is 14.5. The maximum Gasteiger partial charge on any atom is 0.318 e. The van der Waals surface area contributed by atoms with Crippen LogP contribution in [0, 0.1) is 0 Å². The standard InChI is InChI=1S/C19H24N2O4/c1-14(15-6-3-2-4-7-15)20-19(23)21-9-11-24-13-16(21)12-17(22)18-8-5-10-25-18/h2-8,10,14,16-17,22H,9,11-13H2,1H3,(H,20,23)/t14-,16-,17+/m1/s1. The van der Waals surface area contributed by atoms with Crippen molar-refractivity contribution in [1.29, 1.82) is 0 Å². The number of morpholine rings is 1. The topological polar surface area (TPSA) is 74.9 Å². The molecular formula is C19H24N2O4. The molecule has 1 aromatic carbocycles. The van der Waals surface area contributed by atoms with E-state index in [0.717, 1.165) is 5.56 Å². The molecule has 0 unspecified atom stereocenters. The molecule has 6 heteroatoms. The van der Waals surface area contributed by atoms with Gasteiger partial charge in [0.05, 0.1) is 31.6 Å². The van der Waals surface area contributed by atoms with Crippen molar-refractivity contribution < 1.29 is 19.1 Å². The van der Waals surface area contributed by atoms with Crippen molar-refractivity contribution in [3.8, 4) is 0 Å². The van der Waals surface area contributed by atoms with Gasteiger partial charge in [0, 0.05) is 13.0 Å². The second-order valence-corrected chi connectivity index (χ2v) is 6.27. The van der Waals surface area contributed by atoms with Gasteiger partial charge in [-0.15, -0.1) is 0 Å². The van der Waals surface area contributed by atoms with Gasteiger partial charge in [-0.25, -0.2) is 4.79 Å². The third kappa shape index (κ3) is 4.41. The first kappa shape index (κ1) is 17.5. The second kappa shape index (κ2) is 8.18. The third-order valence-corrected chi connectivity index (χ3v) is 4.49. The first-order chi connectivity index (χ1) is 12.1. The van der Waals surface area contributed by atoms with Gasteiger partial charge in [0.1, 0.15) is 11.9 Å². The van der Waals surface area contributed by atoms with E-state index in [9.17, 15) is 9.90 Å². The molecule has 0 bridgehead atoms. The number of rotatable bonds is 5. The van der Waals surface area contributed by atoms with Gasteiger partial charge in [0.25, 0.3) is 0 Å². The van der Waals surface area contributed by atoms with E-state index in [0.29, 0.717) is 31.9 Å². The number of nitrogens with one attached hydrogen (secondary N) is 1. The summed E-state index contributed by atoms with van der Waals surface area (Å²) < 4.78 is 10.8. The van der Waals surface area contributed by atoms with Gasteiger partial charge in [-0.1, -0.05) is 30.3 Å². The lowest BCUT2D eigenvalue weighted by Crippen LogP contribution is -2.53. The van der Waals surface area contributed by atoms with Crippen molar-refractivity contribution in [1.82, 2.24) is 10.2 Å². The Bertz CT molecular complexity index is 659. The van der Waals surface area contributed by atoms with Crippen molar-refractivity contribution in [3.05, 3.63) is 60.1 Å². The molecule has 0 saturated carbocycles. The van der Waals surface area contributed by atoms with E-state index in [1.165, 1.54) is 6.26 Å². The lowest BCUT2D eigenvalue weighted by atomic mass is 10.1. The molecule has 6 nitrogen and oxygen atoms in total. The number of urea groups is 1. The molecule has 3 atom stereocenters. The molecule has 2 amide bonds. The number of nitrogens with zero attached hydrogens (tertiary/aromatic N) is 1. The van der Waals surface area contributed by atoms with Crippen molar-refractivity contribution in [2.75, 3.05) is 19.8 Å². The molecule has 1 aromatic heterocycles. The van der Waals surface area contributed by atoms with Crippen LogP contribution in [0.15, 0.2) is 53.1 Å². The summed E-state index contributed by atoms with van der Waals surface area (Å²) in [6.45, 7) is 3.37. The Morgan fingerprint density at radius 2 is 2.12 bits per heavy atom. The Morgan fingerprint density at radius 1 is 1.32 bits per heavy atom. The molecule has 1 saturated heterocycles. The molecule has 2 N–H and O–H groups in total. The predicted octanol–water partition coefficient (Wildman–Crippen LogP) is 2.87. The van der Waals surface area contributed by atoms with E-state index in [-0.39, 0.29) is 18.1 Å². The Hall–Kier alpha value is -2.31. The summed E-state index contributed by atoms with van der Waals surface area (Å²) in [5.41, 5.74) is 1.05. The Balaban J connectivity index is 1.62. The van der Waals surface area contributed by atoms with Crippen LogP contribution in [0.3, 0.4) is 0 Å². The number of aliphatic hydroxyl groups is 1. The minimum Gasteiger partial charge on any atom is -0.467 e. The van der Waals surface area contributed by atoms with Gasteiger partial charge in [0.15, 0.2) is 0 Å². The number of hydrogen-bond donors (Lipinski definition) is 2. The molecule has 2 heterocycles. The normalized spacial score (nSPS) is 20.1. The van der Waals surface area contributed by atoms with E-state index in [4.69, 9.17) is 9.15 Å². The third-order valence-electron chi connectivity index (χ3n) is 4.49. The number of amides is 2. The number of carbonyl (C=O) groups is 1. The maximum atomic E-state index is 12.7.